The summed E-state index contributed by atoms with van der Waals surface area (Å²) in [6.07, 6.45) is 1.70. The summed E-state index contributed by atoms with van der Waals surface area (Å²) in [5.41, 5.74) is 8.36. The van der Waals surface area contributed by atoms with Gasteiger partial charge in [-0.25, -0.2) is 13.6 Å². The number of ether oxygens (including phenoxy) is 2. The molecule has 1 aliphatic rings. The van der Waals surface area contributed by atoms with Crippen LogP contribution in [0.1, 0.15) is 69.1 Å². The molecule has 9 nitrogen and oxygen atoms in total. The molecule has 11 heteroatoms. The Morgan fingerprint density at radius 1 is 1.05 bits per heavy atom. The van der Waals surface area contributed by atoms with Crippen LogP contribution in [-0.4, -0.2) is 70.8 Å². The lowest BCUT2D eigenvalue weighted by Gasteiger charge is -2.38. The molecule has 1 aliphatic heterocycles. The highest BCUT2D eigenvalue weighted by atomic mass is 19.1. The first kappa shape index (κ1) is 34.4. The number of unbranched alkanes of at least 4 members (excludes halogenated alkanes) is 1. The predicted octanol–water partition coefficient (Wildman–Crippen LogP) is 4.53. The Morgan fingerprint density at radius 3 is 2.35 bits per heavy atom. The smallest absolute Gasteiger partial charge is 0.405 e. The number of carboxylic acid groups (broad SMARTS) is 1. The number of aliphatic hydroxyl groups is 1. The van der Waals surface area contributed by atoms with Crippen LogP contribution in [0.5, 0.6) is 0 Å². The van der Waals surface area contributed by atoms with Crippen molar-refractivity contribution in [3.8, 4) is 0 Å². The molecule has 2 aromatic carbocycles. The van der Waals surface area contributed by atoms with Crippen molar-refractivity contribution >= 4 is 12.0 Å². The molecule has 0 unspecified atom stereocenters. The van der Waals surface area contributed by atoms with Gasteiger partial charge in [0.15, 0.2) is 5.79 Å². The van der Waals surface area contributed by atoms with Gasteiger partial charge in [0.2, 0.25) is 5.91 Å². The van der Waals surface area contributed by atoms with Gasteiger partial charge >= 0.3 is 6.09 Å². The lowest BCUT2D eigenvalue weighted by molar-refractivity contribution is -0.274. The average Bonchev–Trinajstić information content (AvgIpc) is 2.97. The summed E-state index contributed by atoms with van der Waals surface area (Å²) in [6.45, 7) is 4.98. The second-order valence-corrected chi connectivity index (χ2v) is 11.2. The predicted molar refractivity (Wildman–Crippen MR) is 158 cm³/mol. The highest BCUT2D eigenvalue weighted by Gasteiger charge is 2.37. The fourth-order valence-corrected chi connectivity index (χ4v) is 5.37. The van der Waals surface area contributed by atoms with Crippen LogP contribution in [0.2, 0.25) is 0 Å². The number of nitrogens with zero attached hydrogens (tertiary/aromatic N) is 1. The van der Waals surface area contributed by atoms with Crippen LogP contribution >= 0.6 is 0 Å². The first-order valence-electron chi connectivity index (χ1n) is 15.1. The fraction of sp³-hybridized carbons (Fsp3) is 0.562. The van der Waals surface area contributed by atoms with Gasteiger partial charge in [-0.3, -0.25) is 4.79 Å². The molecule has 3 rings (SSSR count). The normalized spacial score (nSPS) is 16.7. The number of hydrogen-bond donors (Lipinski definition) is 4. The zero-order valence-corrected chi connectivity index (χ0v) is 25.1. The summed E-state index contributed by atoms with van der Waals surface area (Å²) in [4.78, 5) is 27.2. The molecule has 0 aromatic heterocycles. The fourth-order valence-electron chi connectivity index (χ4n) is 5.37. The van der Waals surface area contributed by atoms with Crippen LogP contribution < -0.4 is 11.1 Å². The minimum absolute atomic E-state index is 0.0331. The Balaban J connectivity index is 1.83. The van der Waals surface area contributed by atoms with Crippen molar-refractivity contribution in [2.75, 3.05) is 19.8 Å². The number of carbonyl (C=O) groups excluding carboxylic acids is 1. The maximum Gasteiger partial charge on any atom is 0.405 e. The zero-order chi connectivity index (χ0) is 31.4. The van der Waals surface area contributed by atoms with E-state index < -0.39 is 47.6 Å². The molecule has 2 amide bonds. The van der Waals surface area contributed by atoms with E-state index in [2.05, 4.69) is 12.2 Å². The highest BCUT2D eigenvalue weighted by Crippen LogP contribution is 2.31. The van der Waals surface area contributed by atoms with Crippen LogP contribution in [0.4, 0.5) is 13.6 Å². The van der Waals surface area contributed by atoms with Crippen molar-refractivity contribution in [2.24, 2.45) is 5.73 Å². The first-order valence-corrected chi connectivity index (χ1v) is 15.1. The van der Waals surface area contributed by atoms with E-state index in [1.54, 1.807) is 0 Å². The summed E-state index contributed by atoms with van der Waals surface area (Å²) in [5, 5.41) is 23.0. The molecule has 0 bridgehead atoms. The van der Waals surface area contributed by atoms with Gasteiger partial charge in [0.05, 0.1) is 19.3 Å². The maximum absolute atomic E-state index is 14.0. The van der Waals surface area contributed by atoms with Crippen molar-refractivity contribution < 1.29 is 38.1 Å². The minimum atomic E-state index is -1.36. The molecular formula is C32H45F2N3O6. The van der Waals surface area contributed by atoms with Crippen molar-refractivity contribution in [1.29, 1.82) is 0 Å². The average molecular weight is 606 g/mol. The van der Waals surface area contributed by atoms with Crippen molar-refractivity contribution in [2.45, 2.75) is 95.7 Å². The number of hydrogen-bond acceptors (Lipinski definition) is 6. The number of amides is 2. The number of nitrogens with one attached hydrogen (secondary N) is 1. The molecule has 43 heavy (non-hydrogen) atoms. The number of carbonyl (C=O) groups is 2. The first-order chi connectivity index (χ1) is 20.5. The summed E-state index contributed by atoms with van der Waals surface area (Å²) >= 11 is 0. The van der Waals surface area contributed by atoms with Crippen molar-refractivity contribution in [3.63, 3.8) is 0 Å². The topological polar surface area (TPSA) is 134 Å². The highest BCUT2D eigenvalue weighted by molar-refractivity contribution is 5.85. The quantitative estimate of drug-likeness (QED) is 0.221. The SMILES string of the molecule is CCCCC1(CC[C@@H](NC(=O)O)C(=O)N(Cc2cccc(CC)c2)C[C@@H](O)[C@@H](N)Cc2cc(F)cc(F)c2)OCCCO1. The Labute approximate surface area is 252 Å². The molecular weight excluding hydrogens is 560 g/mol. The summed E-state index contributed by atoms with van der Waals surface area (Å²) in [7, 11) is 0. The number of nitrogens with two attached hydrogens (primary N) is 1. The Hall–Kier alpha value is -3.12. The van der Waals surface area contributed by atoms with Crippen LogP contribution in [-0.2, 0) is 33.7 Å². The van der Waals surface area contributed by atoms with Crippen molar-refractivity contribution in [1.82, 2.24) is 10.2 Å². The van der Waals surface area contributed by atoms with Crippen LogP contribution in [0.3, 0.4) is 0 Å². The molecule has 1 fully saturated rings. The van der Waals surface area contributed by atoms with Crippen LogP contribution in [0.15, 0.2) is 42.5 Å². The molecule has 5 N–H and O–H groups in total. The van der Waals surface area contributed by atoms with E-state index in [-0.39, 0.29) is 31.5 Å². The number of rotatable bonds is 16. The summed E-state index contributed by atoms with van der Waals surface area (Å²) in [6, 6.07) is 8.59. The van der Waals surface area contributed by atoms with Crippen LogP contribution in [0.25, 0.3) is 0 Å². The minimum Gasteiger partial charge on any atom is -0.465 e. The molecule has 0 spiro atoms. The second kappa shape index (κ2) is 16.7. The third-order valence-corrected chi connectivity index (χ3v) is 7.72. The summed E-state index contributed by atoms with van der Waals surface area (Å²) in [5.74, 6) is -2.94. The summed E-state index contributed by atoms with van der Waals surface area (Å²) < 4.78 is 39.5. The van der Waals surface area contributed by atoms with E-state index in [9.17, 15) is 28.6 Å². The third kappa shape index (κ3) is 10.8. The lowest BCUT2D eigenvalue weighted by atomic mass is 9.97. The molecule has 1 saturated heterocycles. The molecule has 2 aromatic rings. The van der Waals surface area contributed by atoms with Gasteiger partial charge in [0.1, 0.15) is 17.7 Å². The number of aliphatic hydroxyl groups excluding tert-OH is 1. The third-order valence-electron chi connectivity index (χ3n) is 7.72. The maximum atomic E-state index is 14.0. The molecule has 238 valence electrons. The standard InChI is InChI=1S/C32H45F2N3O6/c1-3-5-11-32(42-13-7-14-43-32)12-10-28(36-31(40)41)30(39)37(20-23-9-6-8-22(4-2)15-23)21-29(38)27(35)18-24-16-25(33)19-26(34)17-24/h6,8-9,15-17,19,27-29,36,38H,3-5,7,10-14,18,20-21,35H2,1-2H3,(H,40,41)/t27-,28+,29+/m0/s1. The zero-order valence-electron chi connectivity index (χ0n) is 25.1. The monoisotopic (exact) mass is 605 g/mol. The Kier molecular flexibility index (Phi) is 13.3. The molecule has 0 saturated carbocycles. The largest absolute Gasteiger partial charge is 0.465 e. The van der Waals surface area contributed by atoms with Gasteiger partial charge in [-0.1, -0.05) is 44.5 Å². The second-order valence-electron chi connectivity index (χ2n) is 11.2. The Morgan fingerprint density at radius 2 is 1.72 bits per heavy atom. The van der Waals surface area contributed by atoms with Gasteiger partial charge in [-0.05, 0) is 60.9 Å². The van der Waals surface area contributed by atoms with E-state index in [0.717, 1.165) is 55.0 Å². The molecule has 1 heterocycles. The van der Waals surface area contributed by atoms with E-state index in [4.69, 9.17) is 15.2 Å². The number of benzene rings is 2. The van der Waals surface area contributed by atoms with E-state index in [1.807, 2.05) is 31.2 Å². The van der Waals surface area contributed by atoms with Gasteiger partial charge < -0.3 is 35.6 Å². The van der Waals surface area contributed by atoms with E-state index >= 15 is 0 Å². The number of halogens is 2. The van der Waals surface area contributed by atoms with Gasteiger partial charge in [-0.2, -0.15) is 0 Å². The van der Waals surface area contributed by atoms with E-state index in [0.29, 0.717) is 26.1 Å². The molecule has 3 atom stereocenters. The lowest BCUT2D eigenvalue weighted by Crippen LogP contribution is -2.53. The molecule has 0 aliphatic carbocycles. The van der Waals surface area contributed by atoms with Crippen LogP contribution in [0, 0.1) is 11.6 Å². The molecule has 0 radical (unpaired) electrons. The van der Waals surface area contributed by atoms with Gasteiger partial charge in [0, 0.05) is 38.0 Å². The Bertz CT molecular complexity index is 1170. The van der Waals surface area contributed by atoms with E-state index in [1.165, 1.54) is 4.90 Å². The van der Waals surface area contributed by atoms with Gasteiger partial charge in [-0.15, -0.1) is 0 Å². The van der Waals surface area contributed by atoms with Crippen molar-refractivity contribution in [3.05, 3.63) is 70.8 Å². The van der Waals surface area contributed by atoms with Gasteiger partial charge in [0.25, 0.3) is 0 Å². The number of aryl methyl sites for hydroxylation is 1.